The summed E-state index contributed by atoms with van der Waals surface area (Å²) in [6, 6.07) is 1.97. The fourth-order valence-corrected chi connectivity index (χ4v) is 1.31. The Kier molecular flexibility index (Phi) is 5.43. The predicted molar refractivity (Wildman–Crippen MR) is 60.6 cm³/mol. The molecule has 0 aliphatic carbocycles. The van der Waals surface area contributed by atoms with Crippen LogP contribution in [0.3, 0.4) is 0 Å². The van der Waals surface area contributed by atoms with Crippen molar-refractivity contribution in [2.75, 3.05) is 13.7 Å². The molecular weight excluding hydrogens is 190 g/mol. The van der Waals surface area contributed by atoms with Gasteiger partial charge in [0.2, 0.25) is 0 Å². The third-order valence-corrected chi connectivity index (χ3v) is 2.27. The van der Waals surface area contributed by atoms with Gasteiger partial charge < -0.3 is 14.5 Å². The van der Waals surface area contributed by atoms with E-state index in [1.807, 2.05) is 13.1 Å². The largest absolute Gasteiger partial charge is 0.468 e. The molecule has 0 atom stereocenters. The summed E-state index contributed by atoms with van der Waals surface area (Å²) in [7, 11) is 1.91. The molecule has 0 spiro atoms. The monoisotopic (exact) mass is 211 g/mol. The van der Waals surface area contributed by atoms with E-state index in [-0.39, 0.29) is 0 Å². The highest BCUT2D eigenvalue weighted by molar-refractivity contribution is 5.15. The molecule has 0 aromatic carbocycles. The zero-order chi connectivity index (χ0) is 11.1. The maximum atomic E-state index is 5.59. The normalized spacial score (nSPS) is 11.2. The van der Waals surface area contributed by atoms with Crippen LogP contribution in [0.25, 0.3) is 0 Å². The van der Waals surface area contributed by atoms with Gasteiger partial charge in [-0.25, -0.2) is 0 Å². The van der Waals surface area contributed by atoms with E-state index in [1.54, 1.807) is 6.26 Å². The first kappa shape index (κ1) is 12.3. The second-order valence-corrected chi connectivity index (χ2v) is 4.13. The predicted octanol–water partition coefficient (Wildman–Crippen LogP) is 2.56. The summed E-state index contributed by atoms with van der Waals surface area (Å²) >= 11 is 0. The SMILES string of the molecule is CNCc1occc1COCCC(C)C. The summed E-state index contributed by atoms with van der Waals surface area (Å²) in [5.74, 6) is 1.67. The van der Waals surface area contributed by atoms with Gasteiger partial charge in [-0.15, -0.1) is 0 Å². The molecule has 86 valence electrons. The van der Waals surface area contributed by atoms with Crippen molar-refractivity contribution in [2.45, 2.75) is 33.4 Å². The molecule has 0 saturated carbocycles. The molecule has 3 nitrogen and oxygen atoms in total. The lowest BCUT2D eigenvalue weighted by molar-refractivity contribution is 0.109. The third kappa shape index (κ3) is 4.49. The first-order valence-corrected chi connectivity index (χ1v) is 5.51. The summed E-state index contributed by atoms with van der Waals surface area (Å²) < 4.78 is 10.9. The van der Waals surface area contributed by atoms with Crippen LogP contribution in [0.4, 0.5) is 0 Å². The molecule has 1 aromatic heterocycles. The summed E-state index contributed by atoms with van der Waals surface area (Å²) in [6.07, 6.45) is 2.83. The molecule has 3 heteroatoms. The fourth-order valence-electron chi connectivity index (χ4n) is 1.31. The van der Waals surface area contributed by atoms with Gasteiger partial charge in [0.15, 0.2) is 0 Å². The fraction of sp³-hybridized carbons (Fsp3) is 0.667. The topological polar surface area (TPSA) is 34.4 Å². The molecule has 1 aromatic rings. The van der Waals surface area contributed by atoms with Crippen molar-refractivity contribution in [3.63, 3.8) is 0 Å². The smallest absolute Gasteiger partial charge is 0.123 e. The van der Waals surface area contributed by atoms with Crippen molar-refractivity contribution in [1.29, 1.82) is 0 Å². The summed E-state index contributed by atoms with van der Waals surface area (Å²) in [5, 5.41) is 3.07. The van der Waals surface area contributed by atoms with E-state index in [9.17, 15) is 0 Å². The van der Waals surface area contributed by atoms with Gasteiger partial charge in [-0.2, -0.15) is 0 Å². The number of furan rings is 1. The lowest BCUT2D eigenvalue weighted by atomic mass is 10.1. The lowest BCUT2D eigenvalue weighted by Crippen LogP contribution is -2.07. The van der Waals surface area contributed by atoms with Gasteiger partial charge in [0, 0.05) is 12.2 Å². The number of rotatable bonds is 7. The van der Waals surface area contributed by atoms with E-state index in [0.29, 0.717) is 12.5 Å². The van der Waals surface area contributed by atoms with Crippen LogP contribution in [-0.2, 0) is 17.9 Å². The van der Waals surface area contributed by atoms with Crippen LogP contribution >= 0.6 is 0 Å². The molecule has 0 amide bonds. The highest BCUT2D eigenvalue weighted by Crippen LogP contribution is 2.12. The molecular formula is C12H21NO2. The molecule has 0 fully saturated rings. The number of ether oxygens (including phenoxy) is 1. The molecule has 0 saturated heterocycles. The maximum Gasteiger partial charge on any atom is 0.123 e. The molecule has 1 heterocycles. The van der Waals surface area contributed by atoms with Crippen LogP contribution in [0.15, 0.2) is 16.7 Å². The second kappa shape index (κ2) is 6.64. The molecule has 1 rings (SSSR count). The Hall–Kier alpha value is -0.800. The summed E-state index contributed by atoms with van der Waals surface area (Å²) in [6.45, 7) is 6.64. The Bertz CT molecular complexity index is 268. The Morgan fingerprint density at radius 1 is 1.47 bits per heavy atom. The molecule has 0 bridgehead atoms. The van der Waals surface area contributed by atoms with Crippen LogP contribution in [-0.4, -0.2) is 13.7 Å². The average Bonchev–Trinajstić information content (AvgIpc) is 2.61. The van der Waals surface area contributed by atoms with E-state index in [0.717, 1.165) is 30.9 Å². The molecule has 0 radical (unpaired) electrons. The first-order chi connectivity index (χ1) is 7.24. The Morgan fingerprint density at radius 3 is 2.93 bits per heavy atom. The molecule has 0 aliphatic heterocycles. The standard InChI is InChI=1S/C12H21NO2/c1-10(2)4-6-14-9-11-5-7-15-12(11)8-13-3/h5,7,10,13H,4,6,8-9H2,1-3H3. The van der Waals surface area contributed by atoms with E-state index in [1.165, 1.54) is 0 Å². The van der Waals surface area contributed by atoms with E-state index >= 15 is 0 Å². The lowest BCUT2D eigenvalue weighted by Gasteiger charge is -2.06. The van der Waals surface area contributed by atoms with Gasteiger partial charge in [-0.3, -0.25) is 0 Å². The summed E-state index contributed by atoms with van der Waals surface area (Å²) in [5.41, 5.74) is 1.15. The minimum atomic E-state index is 0.653. The third-order valence-electron chi connectivity index (χ3n) is 2.27. The zero-order valence-corrected chi connectivity index (χ0v) is 9.88. The van der Waals surface area contributed by atoms with Crippen LogP contribution < -0.4 is 5.32 Å². The second-order valence-electron chi connectivity index (χ2n) is 4.13. The van der Waals surface area contributed by atoms with Crippen LogP contribution in [0.2, 0.25) is 0 Å². The van der Waals surface area contributed by atoms with Crippen molar-refractivity contribution >= 4 is 0 Å². The molecule has 0 unspecified atom stereocenters. The minimum absolute atomic E-state index is 0.653. The van der Waals surface area contributed by atoms with E-state index in [2.05, 4.69) is 19.2 Å². The van der Waals surface area contributed by atoms with Crippen molar-refractivity contribution in [1.82, 2.24) is 5.32 Å². The van der Waals surface area contributed by atoms with Crippen LogP contribution in [0.1, 0.15) is 31.6 Å². The van der Waals surface area contributed by atoms with Crippen LogP contribution in [0.5, 0.6) is 0 Å². The molecule has 1 N–H and O–H groups in total. The average molecular weight is 211 g/mol. The number of nitrogens with one attached hydrogen (secondary N) is 1. The first-order valence-electron chi connectivity index (χ1n) is 5.51. The molecule has 15 heavy (non-hydrogen) atoms. The maximum absolute atomic E-state index is 5.59. The number of hydrogen-bond donors (Lipinski definition) is 1. The van der Waals surface area contributed by atoms with Crippen molar-refractivity contribution in [2.24, 2.45) is 5.92 Å². The van der Waals surface area contributed by atoms with Crippen molar-refractivity contribution < 1.29 is 9.15 Å². The highest BCUT2D eigenvalue weighted by atomic mass is 16.5. The van der Waals surface area contributed by atoms with Crippen molar-refractivity contribution in [3.8, 4) is 0 Å². The highest BCUT2D eigenvalue weighted by Gasteiger charge is 2.05. The minimum Gasteiger partial charge on any atom is -0.468 e. The Balaban J connectivity index is 2.27. The Morgan fingerprint density at radius 2 is 2.27 bits per heavy atom. The van der Waals surface area contributed by atoms with Gasteiger partial charge in [0.05, 0.1) is 19.4 Å². The van der Waals surface area contributed by atoms with Gasteiger partial charge in [-0.1, -0.05) is 13.8 Å². The van der Waals surface area contributed by atoms with Gasteiger partial charge >= 0.3 is 0 Å². The quantitative estimate of drug-likeness (QED) is 0.704. The number of hydrogen-bond acceptors (Lipinski definition) is 3. The van der Waals surface area contributed by atoms with E-state index in [4.69, 9.17) is 9.15 Å². The Labute approximate surface area is 91.8 Å². The van der Waals surface area contributed by atoms with Crippen LogP contribution in [0, 0.1) is 5.92 Å². The van der Waals surface area contributed by atoms with Crippen molar-refractivity contribution in [3.05, 3.63) is 23.7 Å². The summed E-state index contributed by atoms with van der Waals surface area (Å²) in [4.78, 5) is 0. The van der Waals surface area contributed by atoms with Gasteiger partial charge in [0.1, 0.15) is 5.76 Å². The van der Waals surface area contributed by atoms with E-state index < -0.39 is 0 Å². The zero-order valence-electron chi connectivity index (χ0n) is 9.88. The van der Waals surface area contributed by atoms with Gasteiger partial charge in [0.25, 0.3) is 0 Å². The van der Waals surface area contributed by atoms with Gasteiger partial charge in [-0.05, 0) is 25.5 Å². The molecule has 0 aliphatic rings.